The molecule has 1 amide bonds. The molecule has 0 spiro atoms. The lowest BCUT2D eigenvalue weighted by atomic mass is 10.1. The van der Waals surface area contributed by atoms with E-state index in [-0.39, 0.29) is 16.7 Å². The molecule has 0 fully saturated rings. The zero-order chi connectivity index (χ0) is 17.7. The van der Waals surface area contributed by atoms with Crippen LogP contribution in [0.2, 0.25) is 0 Å². The van der Waals surface area contributed by atoms with Crippen LogP contribution >= 0.6 is 11.3 Å². The van der Waals surface area contributed by atoms with Gasteiger partial charge in [-0.1, -0.05) is 18.2 Å². The molecular formula is C17H15N3O3S2. The summed E-state index contributed by atoms with van der Waals surface area (Å²) in [4.78, 5) is 16.0. The molecule has 2 heterocycles. The van der Waals surface area contributed by atoms with Gasteiger partial charge in [0.2, 0.25) is 10.0 Å². The summed E-state index contributed by atoms with van der Waals surface area (Å²) >= 11 is 1.16. The molecule has 128 valence electrons. The highest BCUT2D eigenvalue weighted by molar-refractivity contribution is 7.91. The van der Waals surface area contributed by atoms with Crippen LogP contribution in [0.1, 0.15) is 15.9 Å². The number of pyridine rings is 1. The molecule has 0 saturated heterocycles. The van der Waals surface area contributed by atoms with Crippen LogP contribution in [0, 0.1) is 0 Å². The average Bonchev–Trinajstić information content (AvgIpc) is 3.17. The molecule has 3 rings (SSSR count). The van der Waals surface area contributed by atoms with Crippen molar-refractivity contribution in [3.63, 3.8) is 0 Å². The average molecular weight is 373 g/mol. The van der Waals surface area contributed by atoms with E-state index >= 15 is 0 Å². The largest absolute Gasteiger partial charge is 0.322 e. The van der Waals surface area contributed by atoms with Gasteiger partial charge >= 0.3 is 0 Å². The van der Waals surface area contributed by atoms with Gasteiger partial charge in [-0.2, -0.15) is 0 Å². The first-order valence-corrected chi connectivity index (χ1v) is 9.74. The fourth-order valence-electron chi connectivity index (χ4n) is 2.08. The molecule has 2 N–H and O–H groups in total. The molecule has 0 radical (unpaired) electrons. The molecular weight excluding hydrogens is 358 g/mol. The highest BCUT2D eigenvalue weighted by atomic mass is 32.2. The predicted molar refractivity (Wildman–Crippen MR) is 97.0 cm³/mol. The maximum atomic E-state index is 12.2. The maximum absolute atomic E-state index is 12.2. The van der Waals surface area contributed by atoms with Crippen LogP contribution in [-0.2, 0) is 16.6 Å². The van der Waals surface area contributed by atoms with Gasteiger partial charge in [-0.25, -0.2) is 13.1 Å². The van der Waals surface area contributed by atoms with Crippen molar-refractivity contribution in [2.45, 2.75) is 10.8 Å². The number of sulfonamides is 1. The Morgan fingerprint density at radius 1 is 1.04 bits per heavy atom. The van der Waals surface area contributed by atoms with Gasteiger partial charge in [0.05, 0.1) is 0 Å². The number of nitrogens with zero attached hydrogens (tertiary/aromatic N) is 1. The molecule has 0 aliphatic rings. The van der Waals surface area contributed by atoms with Crippen LogP contribution < -0.4 is 10.0 Å². The van der Waals surface area contributed by atoms with E-state index in [1.807, 2.05) is 0 Å². The van der Waals surface area contributed by atoms with Crippen LogP contribution in [0.5, 0.6) is 0 Å². The Labute approximate surface area is 149 Å². The topological polar surface area (TPSA) is 88.2 Å². The number of carbonyl (C=O) groups excluding carboxylic acids is 1. The van der Waals surface area contributed by atoms with Crippen molar-refractivity contribution in [2.75, 3.05) is 5.32 Å². The monoisotopic (exact) mass is 373 g/mol. The van der Waals surface area contributed by atoms with E-state index in [0.717, 1.165) is 16.9 Å². The van der Waals surface area contributed by atoms with Gasteiger partial charge in [0.25, 0.3) is 5.91 Å². The summed E-state index contributed by atoms with van der Waals surface area (Å²) in [6, 6.07) is 13.4. The molecule has 0 atom stereocenters. The second kappa shape index (κ2) is 7.56. The number of thiophene rings is 1. The SMILES string of the molecule is O=C(Nc1ccncc1)c1ccc(CNS(=O)(=O)c2cccs2)cc1. The highest BCUT2D eigenvalue weighted by Gasteiger charge is 2.14. The van der Waals surface area contributed by atoms with Gasteiger partial charge in [0.1, 0.15) is 4.21 Å². The van der Waals surface area contributed by atoms with Gasteiger partial charge in [-0.15, -0.1) is 11.3 Å². The van der Waals surface area contributed by atoms with Crippen molar-refractivity contribution in [2.24, 2.45) is 0 Å². The molecule has 2 aromatic heterocycles. The standard InChI is InChI=1S/C17H15N3O3S2/c21-17(20-15-7-9-18-10-8-15)14-5-3-13(4-6-14)12-19-25(22,23)16-2-1-11-24-16/h1-11,19H,12H2,(H,18,20,21). The molecule has 0 aliphatic carbocycles. The Hall–Kier alpha value is -2.55. The third kappa shape index (κ3) is 4.50. The van der Waals surface area contributed by atoms with E-state index < -0.39 is 10.0 Å². The van der Waals surface area contributed by atoms with E-state index in [0.29, 0.717) is 11.3 Å². The normalized spacial score (nSPS) is 11.2. The first kappa shape index (κ1) is 17.3. The Kier molecular flexibility index (Phi) is 5.22. The van der Waals surface area contributed by atoms with E-state index in [4.69, 9.17) is 0 Å². The third-order valence-corrected chi connectivity index (χ3v) is 6.18. The Morgan fingerprint density at radius 3 is 2.40 bits per heavy atom. The minimum atomic E-state index is -3.50. The molecule has 3 aromatic rings. The number of hydrogen-bond donors (Lipinski definition) is 2. The molecule has 25 heavy (non-hydrogen) atoms. The van der Waals surface area contributed by atoms with Crippen LogP contribution in [0.25, 0.3) is 0 Å². The molecule has 0 saturated carbocycles. The fraction of sp³-hybridized carbons (Fsp3) is 0.0588. The van der Waals surface area contributed by atoms with Crippen molar-refractivity contribution in [1.29, 1.82) is 0 Å². The number of benzene rings is 1. The smallest absolute Gasteiger partial charge is 0.255 e. The summed E-state index contributed by atoms with van der Waals surface area (Å²) < 4.78 is 27.0. The zero-order valence-corrected chi connectivity index (χ0v) is 14.7. The second-order valence-corrected chi connectivity index (χ2v) is 8.09. The molecule has 1 aromatic carbocycles. The van der Waals surface area contributed by atoms with Crippen molar-refractivity contribution in [3.05, 3.63) is 77.4 Å². The molecule has 8 heteroatoms. The zero-order valence-electron chi connectivity index (χ0n) is 13.0. The van der Waals surface area contributed by atoms with Crippen molar-refractivity contribution >= 4 is 33.0 Å². The van der Waals surface area contributed by atoms with Crippen LogP contribution in [0.4, 0.5) is 5.69 Å². The number of hydrogen-bond acceptors (Lipinski definition) is 5. The van der Waals surface area contributed by atoms with Crippen molar-refractivity contribution in [3.8, 4) is 0 Å². The number of nitrogens with one attached hydrogen (secondary N) is 2. The second-order valence-electron chi connectivity index (χ2n) is 5.14. The van der Waals surface area contributed by atoms with E-state index in [2.05, 4.69) is 15.0 Å². The predicted octanol–water partition coefficient (Wildman–Crippen LogP) is 2.87. The van der Waals surface area contributed by atoms with Crippen LogP contribution in [0.3, 0.4) is 0 Å². The van der Waals surface area contributed by atoms with Gasteiger partial charge in [0, 0.05) is 30.2 Å². The summed E-state index contributed by atoms with van der Waals surface area (Å²) in [6.07, 6.45) is 3.19. The summed E-state index contributed by atoms with van der Waals surface area (Å²) in [5.41, 5.74) is 1.91. The highest BCUT2D eigenvalue weighted by Crippen LogP contribution is 2.16. The van der Waals surface area contributed by atoms with E-state index in [9.17, 15) is 13.2 Å². The van der Waals surface area contributed by atoms with E-state index in [1.165, 1.54) is 0 Å². The lowest BCUT2D eigenvalue weighted by Gasteiger charge is -2.07. The molecule has 0 unspecified atom stereocenters. The Bertz CT molecular complexity index is 939. The number of carbonyl (C=O) groups is 1. The minimum Gasteiger partial charge on any atom is -0.322 e. The first-order chi connectivity index (χ1) is 12.0. The van der Waals surface area contributed by atoms with Gasteiger partial charge in [-0.05, 0) is 41.3 Å². The Balaban J connectivity index is 1.61. The lowest BCUT2D eigenvalue weighted by Crippen LogP contribution is -2.22. The van der Waals surface area contributed by atoms with Gasteiger partial charge in [0.15, 0.2) is 0 Å². The summed E-state index contributed by atoms with van der Waals surface area (Å²) in [6.45, 7) is 0.159. The van der Waals surface area contributed by atoms with Crippen molar-refractivity contribution in [1.82, 2.24) is 9.71 Å². The quantitative estimate of drug-likeness (QED) is 0.695. The number of anilines is 1. The summed E-state index contributed by atoms with van der Waals surface area (Å²) in [5.74, 6) is -0.239. The fourth-order valence-corrected chi connectivity index (χ4v) is 4.13. The van der Waals surface area contributed by atoms with Crippen LogP contribution in [0.15, 0.2) is 70.5 Å². The Morgan fingerprint density at radius 2 is 1.76 bits per heavy atom. The third-order valence-electron chi connectivity index (χ3n) is 3.38. The number of aromatic nitrogens is 1. The minimum absolute atomic E-state index is 0.159. The molecule has 0 bridgehead atoms. The molecule has 0 aliphatic heterocycles. The van der Waals surface area contributed by atoms with Gasteiger partial charge < -0.3 is 5.32 Å². The summed E-state index contributed by atoms with van der Waals surface area (Å²) in [5, 5.41) is 4.48. The van der Waals surface area contributed by atoms with Gasteiger partial charge in [-0.3, -0.25) is 9.78 Å². The molecule has 6 nitrogen and oxygen atoms in total. The van der Waals surface area contributed by atoms with E-state index in [1.54, 1.807) is 66.3 Å². The maximum Gasteiger partial charge on any atom is 0.255 e. The van der Waals surface area contributed by atoms with Crippen molar-refractivity contribution < 1.29 is 13.2 Å². The first-order valence-electron chi connectivity index (χ1n) is 7.38. The summed E-state index contributed by atoms with van der Waals surface area (Å²) in [7, 11) is -3.50. The lowest BCUT2D eigenvalue weighted by molar-refractivity contribution is 0.102. The number of amides is 1. The van der Waals surface area contributed by atoms with Crippen LogP contribution in [-0.4, -0.2) is 19.3 Å². The number of rotatable bonds is 6.